The van der Waals surface area contributed by atoms with Crippen molar-refractivity contribution >= 4 is 99.6 Å². The van der Waals surface area contributed by atoms with Gasteiger partial charge >= 0.3 is 71.9 Å². The number of carbonyl (C=O) groups excluding carboxylic acids is 10. The molecule has 0 aliphatic carbocycles. The van der Waals surface area contributed by atoms with E-state index >= 15 is 0 Å². The maximum atomic E-state index is 13.2. The first-order valence-corrected chi connectivity index (χ1v) is 46.7. The summed E-state index contributed by atoms with van der Waals surface area (Å²) in [5, 5.41) is 37.2. The molecule has 4 amide bonds. The van der Waals surface area contributed by atoms with E-state index in [-0.39, 0.29) is 95.8 Å². The highest BCUT2D eigenvalue weighted by Crippen LogP contribution is 2.33. The van der Waals surface area contributed by atoms with Crippen molar-refractivity contribution in [1.29, 1.82) is 0 Å². The summed E-state index contributed by atoms with van der Waals surface area (Å²) in [7, 11) is 0. The van der Waals surface area contributed by atoms with Crippen LogP contribution in [-0.4, -0.2) is 178 Å². The Hall–Kier alpha value is -9.02. The van der Waals surface area contributed by atoms with Gasteiger partial charge in [-0.1, -0.05) is 185 Å². The molecule has 29 heteroatoms. The SMILES string of the molecule is C=CC[C@@H](C(=O)OC(C)(C)C)[C@@H](CC(C)C)C(=O)O.C=CC[C@@H](C(=O)OC(C)(C)C)[C@@H](CC(C)C)C(=O)O.CC(C)(C)OC(=O)CBr.CC(C)CCC(=O)N1C(=O)OCC1Cc1ccccc1.CC(C)C[C@H](CC(=O)OC(C)(C)C)C(=O)N1C(=O)OCC1Cc1ccccc1.CC(C)C[C@H](CC(=O)OC(C)(C)C)C(=O)O.CCC[C@@H](C(=O)OC(C)(C)C)[C@@H](CC(C)C)C(=O)O. The van der Waals surface area contributed by atoms with E-state index in [0.717, 1.165) is 24.0 Å². The third kappa shape index (κ3) is 59.4. The van der Waals surface area contributed by atoms with Gasteiger partial charge in [0.25, 0.3) is 0 Å². The lowest BCUT2D eigenvalue weighted by Crippen LogP contribution is -2.44. The fourth-order valence-corrected chi connectivity index (χ4v) is 13.6. The smallest absolute Gasteiger partial charge is 0.416 e. The van der Waals surface area contributed by atoms with E-state index in [2.05, 4.69) is 42.9 Å². The lowest BCUT2D eigenvalue weighted by atomic mass is 9.82. The summed E-state index contributed by atoms with van der Waals surface area (Å²) >= 11 is 2.99. The van der Waals surface area contributed by atoms with Crippen LogP contribution in [-0.2, 0) is 108 Å². The maximum Gasteiger partial charge on any atom is 0.416 e. The molecule has 2 unspecified atom stereocenters. The number of amides is 4. The number of carboxylic acid groups (broad SMARTS) is 4. The zero-order valence-corrected chi connectivity index (χ0v) is 85.9. The summed E-state index contributed by atoms with van der Waals surface area (Å²) in [5.41, 5.74) is -1.21. The van der Waals surface area contributed by atoms with Gasteiger partial charge in [-0.25, -0.2) is 19.4 Å². The van der Waals surface area contributed by atoms with Crippen LogP contribution >= 0.6 is 15.9 Å². The van der Waals surface area contributed by atoms with E-state index in [1.54, 1.807) is 116 Å². The molecule has 4 N–H and O–H groups in total. The monoisotopic (exact) mass is 1900 g/mol. The zero-order chi connectivity index (χ0) is 101. The highest BCUT2D eigenvalue weighted by molar-refractivity contribution is 9.09. The van der Waals surface area contributed by atoms with Crippen LogP contribution in [0.3, 0.4) is 0 Å². The normalized spacial score (nSPS) is 15.7. The third-order valence-corrected chi connectivity index (χ3v) is 19.0. The summed E-state index contributed by atoms with van der Waals surface area (Å²) in [5.74, 6) is -10.3. The first kappa shape index (κ1) is 125. The number of carbonyl (C=O) groups is 14. The molecule has 0 bridgehead atoms. The number of esters is 6. The summed E-state index contributed by atoms with van der Waals surface area (Å²) in [6.07, 6.45) is 8.65. The van der Waals surface area contributed by atoms with Crippen LogP contribution in [0.15, 0.2) is 86.0 Å². The van der Waals surface area contributed by atoms with E-state index in [1.807, 2.05) is 158 Å². The van der Waals surface area contributed by atoms with Gasteiger partial charge in [0.1, 0.15) is 52.2 Å². The molecule has 2 heterocycles. The number of aliphatic carboxylic acids is 4. The molecule has 2 aliphatic rings. The second-order valence-electron chi connectivity index (χ2n) is 41.5. The third-order valence-electron chi connectivity index (χ3n) is 18.6. The first-order chi connectivity index (χ1) is 59.5. The highest BCUT2D eigenvalue weighted by atomic mass is 79.9. The van der Waals surface area contributed by atoms with Crippen molar-refractivity contribution in [1.82, 2.24) is 9.80 Å². The number of nitrogens with zero attached hydrogens (tertiary/aromatic N) is 2. The Balaban J connectivity index is -0.00000147. The van der Waals surface area contributed by atoms with Crippen molar-refractivity contribution in [2.24, 2.45) is 82.9 Å². The fraction of sp³-hybridized carbons (Fsp3) is 0.703. The van der Waals surface area contributed by atoms with E-state index in [1.165, 1.54) is 9.80 Å². The Morgan fingerprint density at radius 1 is 0.400 bits per heavy atom. The molecule has 10 atom stereocenters. The second-order valence-corrected chi connectivity index (χ2v) is 42.1. The Labute approximate surface area is 785 Å². The molecular formula is C101H165BrN2O26. The molecule has 2 fully saturated rings. The van der Waals surface area contributed by atoms with E-state index in [9.17, 15) is 82.4 Å². The maximum absolute atomic E-state index is 13.2. The summed E-state index contributed by atoms with van der Waals surface area (Å²) in [6, 6.07) is 19.0. The van der Waals surface area contributed by atoms with E-state index in [4.69, 9.17) is 43.0 Å². The molecule has 0 spiro atoms. The largest absolute Gasteiger partial charge is 0.481 e. The number of allylic oxidation sites excluding steroid dienone is 2. The number of benzene rings is 2. The van der Waals surface area contributed by atoms with Gasteiger partial charge in [0.05, 0.1) is 66.4 Å². The minimum atomic E-state index is -0.952. The average Bonchev–Trinajstić information content (AvgIpc) is 1.65. The minimum Gasteiger partial charge on any atom is -0.481 e. The standard InChI is InChI=1S/C22H31NO5.C16H21NO3.C15H28O4.2C15H26O4.C12H22O4.C6H11BrO2/c1-15(2)11-17(13-19(24)28-22(3,4)5)20(25)23-18(14-27-21(23)26)12-16-9-7-6-8-10-16;1-12(2)8-9-15(18)17-14(11-20-16(17)19)10-13-6-4-3-5-7-13;3*1-7-8-11(14(18)19-15(4,5)6)12(13(16)17)9-10(2)3;1-8(2)6-9(11(14)15)7-10(13)16-12(3,4)5;1-6(2,3)9-5(8)4-7/h6-10,15,17-18H,11-14H2,1-5H3;3-7,12,14H,8-11H2,1-2H3;10-12H,7-9H2,1-6H3,(H,16,17);2*7,10-12H,1,8-9H2,2-6H3,(H,16,17);8-9H,6-7H2,1-5H3,(H,14,15);4H2,1-3H3/t17-,18?;;3*11-,12-;9-;/m1.1111./s1. The molecule has 130 heavy (non-hydrogen) atoms. The van der Waals surface area contributed by atoms with Crippen molar-refractivity contribution in [3.05, 3.63) is 97.1 Å². The molecule has 0 saturated carbocycles. The molecule has 742 valence electrons. The molecule has 2 aromatic carbocycles. The predicted octanol–water partition coefficient (Wildman–Crippen LogP) is 21.2. The van der Waals surface area contributed by atoms with Crippen LogP contribution in [0.25, 0.3) is 0 Å². The van der Waals surface area contributed by atoms with Crippen LogP contribution in [0.4, 0.5) is 9.59 Å². The van der Waals surface area contributed by atoms with Gasteiger partial charge in [-0.2, -0.15) is 0 Å². The molecule has 2 saturated heterocycles. The van der Waals surface area contributed by atoms with Crippen LogP contribution in [0, 0.1) is 82.9 Å². The second kappa shape index (κ2) is 60.9. The molecule has 2 aliphatic heterocycles. The minimum absolute atomic E-state index is 0.0455. The van der Waals surface area contributed by atoms with Gasteiger partial charge in [0.2, 0.25) is 11.8 Å². The molecule has 4 rings (SSSR count). The molecule has 2 aromatic rings. The quantitative estimate of drug-likeness (QED) is 0.0209. The highest BCUT2D eigenvalue weighted by Gasteiger charge is 2.44. The topological polar surface area (TPSA) is 400 Å². The summed E-state index contributed by atoms with van der Waals surface area (Å²) in [4.78, 5) is 168. The average molecular weight is 1900 g/mol. The van der Waals surface area contributed by atoms with Gasteiger partial charge in [-0.05, 0) is 242 Å². The van der Waals surface area contributed by atoms with Crippen LogP contribution in [0.2, 0.25) is 0 Å². The number of rotatable bonds is 39. The summed E-state index contributed by atoms with van der Waals surface area (Å²) < 4.78 is 41.6. The van der Waals surface area contributed by atoms with Crippen molar-refractivity contribution in [2.45, 2.75) is 357 Å². The number of carboxylic acids is 4. The lowest BCUT2D eigenvalue weighted by Gasteiger charge is -2.27. The Bertz CT molecular complexity index is 3720. The van der Waals surface area contributed by atoms with E-state index < -0.39 is 135 Å². The van der Waals surface area contributed by atoms with Crippen LogP contribution in [0.5, 0.6) is 0 Å². The number of hydrogen-bond donors (Lipinski definition) is 4. The first-order valence-electron chi connectivity index (χ1n) is 45.6. The fourth-order valence-electron chi connectivity index (χ4n) is 13.5. The van der Waals surface area contributed by atoms with Gasteiger partial charge in [0.15, 0.2) is 0 Å². The van der Waals surface area contributed by atoms with E-state index in [0.29, 0.717) is 83.2 Å². The number of imide groups is 2. The van der Waals surface area contributed by atoms with Gasteiger partial charge in [-0.15, -0.1) is 13.2 Å². The van der Waals surface area contributed by atoms with Crippen molar-refractivity contribution in [3.63, 3.8) is 0 Å². The van der Waals surface area contributed by atoms with Gasteiger partial charge in [0, 0.05) is 12.3 Å². The number of ether oxygens (including phenoxy) is 8. The van der Waals surface area contributed by atoms with Crippen molar-refractivity contribution in [2.75, 3.05) is 18.5 Å². The Morgan fingerprint density at radius 2 is 0.692 bits per heavy atom. The molecular weight excluding hydrogens is 1740 g/mol. The Kier molecular flexibility index (Phi) is 58.6. The summed E-state index contributed by atoms with van der Waals surface area (Å²) in [6.45, 7) is 65.5. The van der Waals surface area contributed by atoms with Crippen molar-refractivity contribution in [3.8, 4) is 0 Å². The van der Waals surface area contributed by atoms with Crippen molar-refractivity contribution < 1.29 is 125 Å². The number of halogens is 1. The molecule has 28 nitrogen and oxygen atoms in total. The zero-order valence-electron chi connectivity index (χ0n) is 84.4. The number of alkyl halides is 1. The van der Waals surface area contributed by atoms with Crippen LogP contribution in [0.1, 0.15) is 309 Å². The number of hydrogen-bond acceptors (Lipinski definition) is 22. The Morgan fingerprint density at radius 3 is 0.969 bits per heavy atom. The van der Waals surface area contributed by atoms with Crippen LogP contribution < -0.4 is 0 Å². The molecule has 0 radical (unpaired) electrons. The van der Waals surface area contributed by atoms with Gasteiger partial charge in [-0.3, -0.25) is 57.5 Å². The predicted molar refractivity (Wildman–Crippen MR) is 507 cm³/mol. The number of cyclic esters (lactones) is 2. The molecule has 0 aromatic heterocycles. The lowest BCUT2D eigenvalue weighted by molar-refractivity contribution is -0.167. The van der Waals surface area contributed by atoms with Gasteiger partial charge < -0.3 is 58.3 Å².